The van der Waals surface area contributed by atoms with Gasteiger partial charge in [-0.2, -0.15) is 19.9 Å². The number of halogens is 8. The van der Waals surface area contributed by atoms with Crippen LogP contribution < -0.4 is 43.5 Å². The fraction of sp³-hybridized carbons (Fsp3) is 0.389. The molecule has 4 aliphatic rings. The van der Waals surface area contributed by atoms with E-state index in [1.165, 1.54) is 47.4 Å². The first-order valence-corrected chi connectivity index (χ1v) is 34.3. The first kappa shape index (κ1) is 41.7. The number of imidazole rings is 4. The summed E-state index contributed by atoms with van der Waals surface area (Å²) >= 11 is 47.4. The summed E-state index contributed by atoms with van der Waals surface area (Å²) in [5.41, 5.74) is -7.53. The Hall–Kier alpha value is -8.52. The van der Waals surface area contributed by atoms with Gasteiger partial charge in [-0.05, 0) is 70.8 Å². The second kappa shape index (κ2) is 39.5. The van der Waals surface area contributed by atoms with Gasteiger partial charge in [-0.15, -0.1) is 0 Å². The third kappa shape index (κ3) is 22.1. The number of benzene rings is 4. The highest BCUT2D eigenvalue weighted by Gasteiger charge is 2.20. The number of aromatic amines is 4. The molecule has 4 aliphatic heterocycles. The lowest BCUT2D eigenvalue weighted by Gasteiger charge is -2.26. The number of ether oxygens (including phenoxy) is 4. The summed E-state index contributed by atoms with van der Waals surface area (Å²) < 4.78 is 396. The van der Waals surface area contributed by atoms with Gasteiger partial charge in [0.15, 0.2) is 44.7 Å². The quantitative estimate of drug-likeness (QED) is 0.0279. The van der Waals surface area contributed by atoms with Gasteiger partial charge < -0.3 is 58.5 Å². The van der Waals surface area contributed by atoms with Gasteiger partial charge in [-0.25, -0.2) is 19.9 Å². The number of fused-ring (bicyclic) bond motifs is 4. The molecule has 40 heteroatoms. The van der Waals surface area contributed by atoms with Crippen molar-refractivity contribution in [2.45, 2.75) is 52.0 Å². The number of anilines is 4. The van der Waals surface area contributed by atoms with Crippen molar-refractivity contribution in [1.82, 2.24) is 97.7 Å². The van der Waals surface area contributed by atoms with Crippen LogP contribution in [0.3, 0.4) is 0 Å². The lowest BCUT2D eigenvalue weighted by atomic mass is 10.2. The minimum absolute atomic E-state index is 0.000773. The maximum atomic E-state index is 13.1. The molecule has 16 rings (SSSR count). The Morgan fingerprint density at radius 1 is 0.384 bits per heavy atom. The van der Waals surface area contributed by atoms with Crippen LogP contribution in [0.1, 0.15) is 85.3 Å². The zero-order chi connectivity index (χ0) is 119. The zero-order valence-corrected chi connectivity index (χ0v) is 61.8. The normalized spacial score (nSPS) is 28.0. The molecule has 0 atom stereocenters. The molecule has 112 heavy (non-hydrogen) atoms. The van der Waals surface area contributed by atoms with Gasteiger partial charge in [0.05, 0.1) is 155 Å². The van der Waals surface area contributed by atoms with E-state index in [0.717, 1.165) is 12.4 Å². The Kier molecular flexibility index (Phi) is 14.7. The summed E-state index contributed by atoms with van der Waals surface area (Å²) in [5, 5.41) is 10.9. The lowest BCUT2D eigenvalue weighted by molar-refractivity contribution is 0.0364. The predicted molar refractivity (Wildman–Crippen MR) is 437 cm³/mol. The van der Waals surface area contributed by atoms with E-state index >= 15 is 0 Å². The summed E-state index contributed by atoms with van der Waals surface area (Å²) in [6.45, 7) is -74.3. The highest BCUT2D eigenvalue weighted by atomic mass is 35.5. The number of rotatable bonds is 24. The Bertz CT molecular complexity index is 7730. The first-order chi connectivity index (χ1) is 71.6. The molecule has 12 heterocycles. The lowest BCUT2D eigenvalue weighted by Crippen LogP contribution is -2.38. The molecule has 592 valence electrons. The van der Waals surface area contributed by atoms with Gasteiger partial charge >= 0.3 is 0 Å². The number of morpholine rings is 4. The summed E-state index contributed by atoms with van der Waals surface area (Å²) in [4.78, 5) is 92.5. The average molecular weight is 1740 g/mol. The van der Waals surface area contributed by atoms with E-state index < -0.39 is 233 Å². The van der Waals surface area contributed by atoms with Crippen molar-refractivity contribution in [3.8, 4) is 0 Å². The number of nitrogens with one attached hydrogen (secondary N) is 8. The van der Waals surface area contributed by atoms with Crippen LogP contribution in [0.4, 0.5) is 23.8 Å². The molecule has 8 aromatic heterocycles. The number of hydrogen-bond acceptors (Lipinski definition) is 24. The molecular formula is C72H80Cl8N24O8. The predicted octanol–water partition coefficient (Wildman–Crippen LogP) is 9.48. The van der Waals surface area contributed by atoms with Crippen LogP contribution in [0.5, 0.6) is 0 Å². The first-order valence-electron chi connectivity index (χ1n) is 54.2. The molecule has 4 saturated heterocycles. The van der Waals surface area contributed by atoms with Gasteiger partial charge in [-0.3, -0.25) is 58.7 Å². The fourth-order valence-electron chi connectivity index (χ4n) is 9.14. The Morgan fingerprint density at radius 2 is 0.732 bits per heavy atom. The van der Waals surface area contributed by atoms with Gasteiger partial charge in [-0.1, -0.05) is 117 Å². The van der Waals surface area contributed by atoms with E-state index in [4.69, 9.17) is 161 Å². The summed E-state index contributed by atoms with van der Waals surface area (Å²) in [6, 6.07) is 14.8. The minimum atomic E-state index is -3.94. The number of nitrogens with zero attached hydrogens (tertiary/aromatic N) is 16. The van der Waals surface area contributed by atoms with Crippen LogP contribution in [0.15, 0.2) is 117 Å². The molecule has 0 aliphatic carbocycles. The summed E-state index contributed by atoms with van der Waals surface area (Å²) in [7, 11) is 0. The second-order valence-corrected chi connectivity index (χ2v) is 24.9. The van der Waals surface area contributed by atoms with Gasteiger partial charge in [0.25, 0.3) is 22.2 Å². The Morgan fingerprint density at radius 3 is 1.16 bits per heavy atom. The largest absolute Gasteiger partial charge is 0.379 e. The molecule has 0 spiro atoms. The molecule has 0 amide bonds. The molecule has 8 N–H and O–H groups in total. The number of aryl methyl sites for hydroxylation is 3. The second-order valence-electron chi connectivity index (χ2n) is 21.7. The van der Waals surface area contributed by atoms with E-state index in [2.05, 4.69) is 95.3 Å². The van der Waals surface area contributed by atoms with Crippen LogP contribution in [0, 0.1) is 0 Å². The fourth-order valence-corrected chi connectivity index (χ4v) is 10.3. The van der Waals surface area contributed by atoms with E-state index in [1.54, 1.807) is 18.2 Å². The van der Waals surface area contributed by atoms with E-state index in [-0.39, 0.29) is 118 Å². The third-order valence-corrected chi connectivity index (χ3v) is 17.2. The topological polar surface area (TPSA) is 352 Å². The van der Waals surface area contributed by atoms with Crippen LogP contribution in [0.2, 0.25) is 40.2 Å². The van der Waals surface area contributed by atoms with Crippen molar-refractivity contribution in [3.63, 3.8) is 0 Å². The Balaban J connectivity index is 0.000000175. The molecule has 4 fully saturated rings. The SMILES string of the molecule is [2H]C([2H])(Nc1nc2ncn(C([2H])([2H])C([2H])([2H])N3C([2H])([2H])C([2H])([2H])OC([2H])([2H])C3([2H])[2H])c2c(=O)[nH]1)c1ccc(Cl)c(Cl)c1.[2H]C1([2H])OC([2H])([2H])C([2H])([2H])N(C([2H])([2H])C([2H])([2H])n2cnc3nc(NCc4ccc(Cl)c(Cl)c4)[nH]c(=O)c32)C1([2H])[2H].[2H]c1cc(C([2H])([2H])Nc2nc3ncn(C([2H])([2H])CN4C([2H])([2H])C([2H])([2H])OC([2H])([2H])C4([2H])[2H])c3c(=O)[nH]2)cc(Cl)c1Cl.[2H]c1nc2nc(NC([2H])([2H])c3ccc(Cl)c(Cl)c3)[nH]c(=O)c2n1C([2H])([2H])C([2H])([2H])N1CCOCC1. The average Bonchev–Trinajstić information content (AvgIpc) is 1.01. The molecule has 32 nitrogen and oxygen atoms in total. The smallest absolute Gasteiger partial charge is 0.278 e. The monoisotopic (exact) mass is 1730 g/mol. The molecule has 0 radical (unpaired) electrons. The zero-order valence-electron chi connectivity index (χ0n) is 102. The van der Waals surface area contributed by atoms with Crippen LogP contribution >= 0.6 is 92.8 Å². The van der Waals surface area contributed by atoms with Crippen molar-refractivity contribution in [2.75, 3.05) is 152 Å². The number of hydrogen-bond donors (Lipinski definition) is 8. The maximum Gasteiger partial charge on any atom is 0.278 e. The molecule has 4 aromatic carbocycles. The van der Waals surface area contributed by atoms with Crippen molar-refractivity contribution < 1.29 is 82.0 Å². The van der Waals surface area contributed by atoms with Crippen molar-refractivity contribution in [3.05, 3.63) is 202 Å². The van der Waals surface area contributed by atoms with Crippen LogP contribution in [-0.2, 0) is 71.0 Å². The van der Waals surface area contributed by atoms with E-state index in [9.17, 15) is 19.2 Å². The molecule has 0 bridgehead atoms. The van der Waals surface area contributed by atoms with Crippen LogP contribution in [-0.4, -0.2) is 228 Å². The van der Waals surface area contributed by atoms with E-state index in [0.29, 0.717) is 42.0 Å². The van der Waals surface area contributed by atoms with Crippen LogP contribution in [0.25, 0.3) is 44.7 Å². The van der Waals surface area contributed by atoms with Gasteiger partial charge in [0.1, 0.15) is 1.37 Å². The van der Waals surface area contributed by atoms with Gasteiger partial charge in [0.2, 0.25) is 23.8 Å². The molecular weight excluding hydrogens is 1610 g/mol. The highest BCUT2D eigenvalue weighted by molar-refractivity contribution is 6.43. The summed E-state index contributed by atoms with van der Waals surface area (Å²) in [6.07, 6.45) is 1.36. The van der Waals surface area contributed by atoms with E-state index in [1.807, 2.05) is 0 Å². The minimum Gasteiger partial charge on any atom is -0.379 e. The van der Waals surface area contributed by atoms with Crippen molar-refractivity contribution in [2.24, 2.45) is 0 Å². The summed E-state index contributed by atoms with van der Waals surface area (Å²) in [5.74, 6) is -1.36. The van der Waals surface area contributed by atoms with Crippen molar-refractivity contribution >= 4 is 161 Å². The molecule has 0 saturated carbocycles. The number of aromatic nitrogens is 16. The van der Waals surface area contributed by atoms with Crippen molar-refractivity contribution in [1.29, 1.82) is 0 Å². The molecule has 12 aromatic rings. The third-order valence-electron chi connectivity index (χ3n) is 14.3. The Labute approximate surface area is 744 Å². The number of H-pyrrole nitrogens is 4. The maximum absolute atomic E-state index is 13.1. The van der Waals surface area contributed by atoms with Gasteiger partial charge in [0, 0.05) is 155 Å². The standard InChI is InChI=1S/4C18H20Cl2N6O2/c4*19-13-2-1-12(9-14(13)20)10-21-18-23-16-15(17(27)24-18)26(11-22-16)4-3-25-5-7-28-8-6-25/h4*1-2,9,11H,3-8,10H2,(H2,21,23,24,27)/i3D2,4D2,5D2,6D2,7D2,8D2,10D2;2D,4D2,5D2,6D2,7D2,8D2,10D2;3D2,4D2,5D2,6D2,7D2,8D2;3D2,4D2,10D2,11D. The molecule has 0 unspecified atom stereocenters. The highest BCUT2D eigenvalue weighted by Crippen LogP contribution is 2.27.